The number of nitrogens with zero attached hydrogens (tertiary/aromatic N) is 2. The second kappa shape index (κ2) is 3.69. The molecule has 1 atom stereocenters. The van der Waals surface area contributed by atoms with Crippen LogP contribution in [0, 0.1) is 5.41 Å². The minimum Gasteiger partial charge on any atom is -0.307 e. The summed E-state index contributed by atoms with van der Waals surface area (Å²) in [6.45, 7) is 5.46. The van der Waals surface area contributed by atoms with Crippen molar-refractivity contribution in [3.05, 3.63) is 12.2 Å². The Morgan fingerprint density at radius 1 is 1.64 bits per heavy atom. The monoisotopic (exact) mass is 194 g/mol. The summed E-state index contributed by atoms with van der Waals surface area (Å²) in [5.41, 5.74) is 0.431. The summed E-state index contributed by atoms with van der Waals surface area (Å²) in [5.74, 6) is 0.924. The van der Waals surface area contributed by atoms with Crippen LogP contribution < -0.4 is 5.32 Å². The molecule has 14 heavy (non-hydrogen) atoms. The van der Waals surface area contributed by atoms with E-state index in [2.05, 4.69) is 34.3 Å². The van der Waals surface area contributed by atoms with E-state index in [1.807, 2.05) is 0 Å². The molecule has 1 heterocycles. The van der Waals surface area contributed by atoms with Gasteiger partial charge in [0.15, 0.2) is 0 Å². The molecule has 78 valence electrons. The molecule has 1 saturated carbocycles. The summed E-state index contributed by atoms with van der Waals surface area (Å²) in [6.07, 6.45) is 5.49. The molecule has 4 heteroatoms. The SMILES string of the molecule is CC1(C)CCCC1NCc1ncn[nH]1. The van der Waals surface area contributed by atoms with E-state index in [1.165, 1.54) is 19.3 Å². The second-order valence-electron chi connectivity index (χ2n) is 4.75. The fraction of sp³-hybridized carbons (Fsp3) is 0.800. The molecular weight excluding hydrogens is 176 g/mol. The first-order valence-corrected chi connectivity index (χ1v) is 5.26. The normalized spacial score (nSPS) is 25.4. The Hall–Kier alpha value is -0.900. The quantitative estimate of drug-likeness (QED) is 0.766. The van der Waals surface area contributed by atoms with Crippen molar-refractivity contribution in [1.82, 2.24) is 20.5 Å². The molecule has 0 bridgehead atoms. The minimum absolute atomic E-state index is 0.431. The average molecular weight is 194 g/mol. The number of aromatic nitrogens is 3. The standard InChI is InChI=1S/C10H18N4/c1-10(2)5-3-4-8(10)11-6-9-12-7-13-14-9/h7-8,11H,3-6H2,1-2H3,(H,12,13,14). The number of rotatable bonds is 3. The van der Waals surface area contributed by atoms with Crippen molar-refractivity contribution in [2.45, 2.75) is 45.7 Å². The molecular formula is C10H18N4. The van der Waals surface area contributed by atoms with Crippen LogP contribution in [0.3, 0.4) is 0 Å². The van der Waals surface area contributed by atoms with Crippen LogP contribution in [0.15, 0.2) is 6.33 Å². The van der Waals surface area contributed by atoms with Gasteiger partial charge in [-0.2, -0.15) is 5.10 Å². The zero-order chi connectivity index (χ0) is 10.0. The molecule has 1 aromatic heterocycles. The van der Waals surface area contributed by atoms with Crippen molar-refractivity contribution in [2.75, 3.05) is 0 Å². The average Bonchev–Trinajstić information content (AvgIpc) is 2.71. The van der Waals surface area contributed by atoms with Gasteiger partial charge in [0.05, 0.1) is 6.54 Å². The van der Waals surface area contributed by atoms with Crippen molar-refractivity contribution in [3.8, 4) is 0 Å². The lowest BCUT2D eigenvalue weighted by atomic mass is 9.87. The summed E-state index contributed by atoms with van der Waals surface area (Å²) in [5, 5.41) is 10.2. The van der Waals surface area contributed by atoms with Crippen molar-refractivity contribution < 1.29 is 0 Å². The van der Waals surface area contributed by atoms with E-state index in [1.54, 1.807) is 6.33 Å². The molecule has 0 amide bonds. The van der Waals surface area contributed by atoms with E-state index in [-0.39, 0.29) is 0 Å². The highest BCUT2D eigenvalue weighted by molar-refractivity contribution is 4.91. The van der Waals surface area contributed by atoms with E-state index in [0.29, 0.717) is 11.5 Å². The van der Waals surface area contributed by atoms with Crippen LogP contribution in [0.4, 0.5) is 0 Å². The molecule has 0 radical (unpaired) electrons. The van der Waals surface area contributed by atoms with Gasteiger partial charge < -0.3 is 5.32 Å². The maximum Gasteiger partial charge on any atom is 0.138 e. The molecule has 2 rings (SSSR count). The number of H-pyrrole nitrogens is 1. The summed E-state index contributed by atoms with van der Waals surface area (Å²) in [6, 6.07) is 0.618. The first-order valence-electron chi connectivity index (χ1n) is 5.26. The van der Waals surface area contributed by atoms with Crippen LogP contribution in [0.2, 0.25) is 0 Å². The van der Waals surface area contributed by atoms with Crippen LogP contribution in [0.5, 0.6) is 0 Å². The molecule has 2 N–H and O–H groups in total. The van der Waals surface area contributed by atoms with E-state index in [9.17, 15) is 0 Å². The van der Waals surface area contributed by atoms with Crippen LogP contribution in [-0.4, -0.2) is 21.2 Å². The van der Waals surface area contributed by atoms with Gasteiger partial charge in [-0.05, 0) is 18.3 Å². The summed E-state index contributed by atoms with van der Waals surface area (Å²) in [4.78, 5) is 4.10. The van der Waals surface area contributed by atoms with Gasteiger partial charge in [-0.3, -0.25) is 5.10 Å². The predicted molar refractivity (Wildman–Crippen MR) is 54.6 cm³/mol. The van der Waals surface area contributed by atoms with Gasteiger partial charge in [0.25, 0.3) is 0 Å². The third-order valence-electron chi connectivity index (χ3n) is 3.24. The smallest absolute Gasteiger partial charge is 0.138 e. The van der Waals surface area contributed by atoms with Gasteiger partial charge in [-0.1, -0.05) is 20.3 Å². The van der Waals surface area contributed by atoms with Gasteiger partial charge in [0.2, 0.25) is 0 Å². The Labute approximate surface area is 84.5 Å². The van der Waals surface area contributed by atoms with E-state index >= 15 is 0 Å². The molecule has 1 aliphatic carbocycles. The summed E-state index contributed by atoms with van der Waals surface area (Å²) >= 11 is 0. The highest BCUT2D eigenvalue weighted by Gasteiger charge is 2.33. The molecule has 1 aliphatic rings. The maximum absolute atomic E-state index is 4.10. The van der Waals surface area contributed by atoms with Crippen molar-refractivity contribution in [1.29, 1.82) is 0 Å². The molecule has 1 fully saturated rings. The second-order valence-corrected chi connectivity index (χ2v) is 4.75. The van der Waals surface area contributed by atoms with Gasteiger partial charge >= 0.3 is 0 Å². The van der Waals surface area contributed by atoms with E-state index in [4.69, 9.17) is 0 Å². The fourth-order valence-corrected chi connectivity index (χ4v) is 2.24. The molecule has 0 spiro atoms. The van der Waals surface area contributed by atoms with Gasteiger partial charge in [-0.15, -0.1) is 0 Å². The summed E-state index contributed by atoms with van der Waals surface area (Å²) in [7, 11) is 0. The highest BCUT2D eigenvalue weighted by Crippen LogP contribution is 2.37. The van der Waals surface area contributed by atoms with Gasteiger partial charge in [-0.25, -0.2) is 4.98 Å². The Bertz CT molecular complexity index is 278. The highest BCUT2D eigenvalue weighted by atomic mass is 15.2. The predicted octanol–water partition coefficient (Wildman–Crippen LogP) is 1.47. The first-order chi connectivity index (χ1) is 6.68. The lowest BCUT2D eigenvalue weighted by Gasteiger charge is -2.27. The molecule has 0 aromatic carbocycles. The number of nitrogens with one attached hydrogen (secondary N) is 2. The topological polar surface area (TPSA) is 53.6 Å². The van der Waals surface area contributed by atoms with E-state index < -0.39 is 0 Å². The fourth-order valence-electron chi connectivity index (χ4n) is 2.24. The van der Waals surface area contributed by atoms with Gasteiger partial charge in [0, 0.05) is 6.04 Å². The Morgan fingerprint density at radius 2 is 2.50 bits per heavy atom. The van der Waals surface area contributed by atoms with Crippen LogP contribution in [0.25, 0.3) is 0 Å². The Balaban J connectivity index is 1.86. The van der Waals surface area contributed by atoms with Crippen LogP contribution >= 0.6 is 0 Å². The Kier molecular flexibility index (Phi) is 2.54. The minimum atomic E-state index is 0.431. The lowest BCUT2D eigenvalue weighted by molar-refractivity contribution is 0.281. The number of aromatic amines is 1. The molecule has 1 unspecified atom stereocenters. The summed E-state index contributed by atoms with van der Waals surface area (Å²) < 4.78 is 0. The molecule has 1 aromatic rings. The number of hydrogen-bond donors (Lipinski definition) is 2. The van der Waals surface area contributed by atoms with Crippen LogP contribution in [-0.2, 0) is 6.54 Å². The third-order valence-corrected chi connectivity index (χ3v) is 3.24. The zero-order valence-corrected chi connectivity index (χ0v) is 8.88. The molecule has 0 aliphatic heterocycles. The molecule has 4 nitrogen and oxygen atoms in total. The number of hydrogen-bond acceptors (Lipinski definition) is 3. The third kappa shape index (κ3) is 1.95. The maximum atomic E-state index is 4.10. The first kappa shape index (κ1) is 9.65. The van der Waals surface area contributed by atoms with Crippen LogP contribution in [0.1, 0.15) is 38.9 Å². The van der Waals surface area contributed by atoms with Crippen molar-refractivity contribution in [2.24, 2.45) is 5.41 Å². The Morgan fingerprint density at radius 3 is 3.07 bits per heavy atom. The molecule has 0 saturated heterocycles. The van der Waals surface area contributed by atoms with Gasteiger partial charge in [0.1, 0.15) is 12.2 Å². The van der Waals surface area contributed by atoms with E-state index in [0.717, 1.165) is 12.4 Å². The lowest BCUT2D eigenvalue weighted by Crippen LogP contribution is -2.37. The van der Waals surface area contributed by atoms with Crippen molar-refractivity contribution in [3.63, 3.8) is 0 Å². The van der Waals surface area contributed by atoms with Crippen molar-refractivity contribution >= 4 is 0 Å². The largest absolute Gasteiger partial charge is 0.307 e. The zero-order valence-electron chi connectivity index (χ0n) is 8.88.